The van der Waals surface area contributed by atoms with Gasteiger partial charge < -0.3 is 9.64 Å². The molecule has 19 heavy (non-hydrogen) atoms. The fourth-order valence-electron chi connectivity index (χ4n) is 2.81. The molecule has 0 aromatic rings. The summed E-state index contributed by atoms with van der Waals surface area (Å²) in [6.45, 7) is 11.7. The highest BCUT2D eigenvalue weighted by molar-refractivity contribution is 5.84. The summed E-state index contributed by atoms with van der Waals surface area (Å²) in [5.41, 5.74) is 0. The molecule has 0 bridgehead atoms. The van der Waals surface area contributed by atoms with E-state index in [1.165, 1.54) is 0 Å². The van der Waals surface area contributed by atoms with E-state index in [9.17, 15) is 4.79 Å². The van der Waals surface area contributed by atoms with Crippen molar-refractivity contribution in [2.45, 2.75) is 39.4 Å². The molecular formula is C14H27N3O2. The van der Waals surface area contributed by atoms with E-state index in [0.717, 1.165) is 45.8 Å². The Morgan fingerprint density at radius 1 is 1.37 bits per heavy atom. The SMILES string of the molecule is CCC(C)C1NC(C)N(CCN2CCOCC2)C1=O. The third-order valence-corrected chi connectivity index (χ3v) is 4.41. The summed E-state index contributed by atoms with van der Waals surface area (Å²) in [7, 11) is 0. The van der Waals surface area contributed by atoms with Gasteiger partial charge in [-0.05, 0) is 12.8 Å². The van der Waals surface area contributed by atoms with E-state index in [2.05, 4.69) is 31.0 Å². The third kappa shape index (κ3) is 3.46. The van der Waals surface area contributed by atoms with Crippen LogP contribution in [0.1, 0.15) is 27.2 Å². The molecule has 110 valence electrons. The van der Waals surface area contributed by atoms with Crippen molar-refractivity contribution in [1.29, 1.82) is 0 Å². The molecule has 2 heterocycles. The number of hydrogen-bond acceptors (Lipinski definition) is 4. The van der Waals surface area contributed by atoms with Crippen LogP contribution in [0.4, 0.5) is 0 Å². The average molecular weight is 269 g/mol. The summed E-state index contributed by atoms with van der Waals surface area (Å²) in [6.07, 6.45) is 1.19. The first-order chi connectivity index (χ1) is 9.13. The van der Waals surface area contributed by atoms with Crippen molar-refractivity contribution >= 4 is 5.91 Å². The number of morpholine rings is 1. The number of ether oxygens (including phenoxy) is 1. The predicted molar refractivity (Wildman–Crippen MR) is 74.8 cm³/mol. The molecule has 2 aliphatic heterocycles. The standard InChI is InChI=1S/C14H27N3O2/c1-4-11(2)13-14(18)17(12(3)15-13)6-5-16-7-9-19-10-8-16/h11-13,15H,4-10H2,1-3H3. The van der Waals surface area contributed by atoms with Gasteiger partial charge in [0, 0.05) is 26.2 Å². The molecule has 3 unspecified atom stereocenters. The number of hydrogen-bond donors (Lipinski definition) is 1. The van der Waals surface area contributed by atoms with Crippen LogP contribution < -0.4 is 5.32 Å². The van der Waals surface area contributed by atoms with Crippen LogP contribution in [0.25, 0.3) is 0 Å². The van der Waals surface area contributed by atoms with Crippen molar-refractivity contribution < 1.29 is 9.53 Å². The summed E-state index contributed by atoms with van der Waals surface area (Å²) >= 11 is 0. The molecule has 0 radical (unpaired) electrons. The Kier molecular flexibility index (Phi) is 5.19. The number of nitrogens with one attached hydrogen (secondary N) is 1. The van der Waals surface area contributed by atoms with Crippen molar-refractivity contribution in [3.63, 3.8) is 0 Å². The Hall–Kier alpha value is -0.650. The van der Waals surface area contributed by atoms with Gasteiger partial charge >= 0.3 is 0 Å². The van der Waals surface area contributed by atoms with E-state index >= 15 is 0 Å². The number of amides is 1. The quantitative estimate of drug-likeness (QED) is 0.790. The largest absolute Gasteiger partial charge is 0.379 e. The first-order valence-corrected chi connectivity index (χ1v) is 7.50. The molecular weight excluding hydrogens is 242 g/mol. The van der Waals surface area contributed by atoms with E-state index < -0.39 is 0 Å². The normalized spacial score (nSPS) is 30.9. The average Bonchev–Trinajstić information content (AvgIpc) is 2.72. The van der Waals surface area contributed by atoms with Crippen molar-refractivity contribution in [1.82, 2.24) is 15.1 Å². The van der Waals surface area contributed by atoms with Gasteiger partial charge in [0.1, 0.15) is 0 Å². The lowest BCUT2D eigenvalue weighted by Crippen LogP contribution is -2.44. The highest BCUT2D eigenvalue weighted by atomic mass is 16.5. The van der Waals surface area contributed by atoms with Crippen molar-refractivity contribution in [2.75, 3.05) is 39.4 Å². The van der Waals surface area contributed by atoms with Crippen LogP contribution >= 0.6 is 0 Å². The fourth-order valence-corrected chi connectivity index (χ4v) is 2.81. The van der Waals surface area contributed by atoms with E-state index in [1.54, 1.807) is 0 Å². The third-order valence-electron chi connectivity index (χ3n) is 4.41. The zero-order valence-electron chi connectivity index (χ0n) is 12.4. The second kappa shape index (κ2) is 6.68. The number of nitrogens with zero attached hydrogens (tertiary/aromatic N) is 2. The monoisotopic (exact) mass is 269 g/mol. The molecule has 1 amide bonds. The minimum absolute atomic E-state index is 0.00434. The Morgan fingerprint density at radius 3 is 2.68 bits per heavy atom. The summed E-state index contributed by atoms with van der Waals surface area (Å²) in [4.78, 5) is 16.8. The van der Waals surface area contributed by atoms with Gasteiger partial charge in [0.15, 0.2) is 0 Å². The van der Waals surface area contributed by atoms with Crippen LogP contribution in [0.15, 0.2) is 0 Å². The lowest BCUT2D eigenvalue weighted by atomic mass is 9.99. The Morgan fingerprint density at radius 2 is 2.05 bits per heavy atom. The maximum Gasteiger partial charge on any atom is 0.241 e. The summed E-state index contributed by atoms with van der Waals surface area (Å²) < 4.78 is 5.34. The predicted octanol–water partition coefficient (Wildman–Crippen LogP) is 0.511. The van der Waals surface area contributed by atoms with Crippen LogP contribution in [-0.4, -0.2) is 67.3 Å². The molecule has 1 N–H and O–H groups in total. The molecule has 0 saturated carbocycles. The summed E-state index contributed by atoms with van der Waals surface area (Å²) in [5.74, 6) is 0.679. The van der Waals surface area contributed by atoms with Crippen molar-refractivity contribution in [3.05, 3.63) is 0 Å². The van der Waals surface area contributed by atoms with Crippen LogP contribution in [0.2, 0.25) is 0 Å². The minimum Gasteiger partial charge on any atom is -0.379 e. The Bertz CT molecular complexity index is 305. The van der Waals surface area contributed by atoms with Crippen molar-refractivity contribution in [3.8, 4) is 0 Å². The Balaban J connectivity index is 1.84. The van der Waals surface area contributed by atoms with Gasteiger partial charge in [-0.3, -0.25) is 15.0 Å². The first-order valence-electron chi connectivity index (χ1n) is 7.50. The van der Waals surface area contributed by atoms with Crippen LogP contribution in [-0.2, 0) is 9.53 Å². The topological polar surface area (TPSA) is 44.8 Å². The second-order valence-corrected chi connectivity index (χ2v) is 5.69. The Labute approximate surface area is 116 Å². The van der Waals surface area contributed by atoms with Gasteiger partial charge in [0.2, 0.25) is 5.91 Å². The van der Waals surface area contributed by atoms with Gasteiger partial charge in [0.25, 0.3) is 0 Å². The number of carbonyl (C=O) groups excluding carboxylic acids is 1. The number of carbonyl (C=O) groups is 1. The van der Waals surface area contributed by atoms with Gasteiger partial charge in [0.05, 0.1) is 25.4 Å². The molecule has 2 rings (SSSR count). The molecule has 5 nitrogen and oxygen atoms in total. The van der Waals surface area contributed by atoms with Crippen molar-refractivity contribution in [2.24, 2.45) is 5.92 Å². The lowest BCUT2D eigenvalue weighted by Gasteiger charge is -2.29. The minimum atomic E-state index is 0.00434. The highest BCUT2D eigenvalue weighted by Crippen LogP contribution is 2.19. The lowest BCUT2D eigenvalue weighted by molar-refractivity contribution is -0.131. The van der Waals surface area contributed by atoms with E-state index in [-0.39, 0.29) is 18.1 Å². The molecule has 5 heteroatoms. The highest BCUT2D eigenvalue weighted by Gasteiger charge is 2.38. The number of rotatable bonds is 5. The van der Waals surface area contributed by atoms with Crippen LogP contribution in [0, 0.1) is 5.92 Å². The van der Waals surface area contributed by atoms with Gasteiger partial charge in [-0.25, -0.2) is 0 Å². The molecule has 2 fully saturated rings. The van der Waals surface area contributed by atoms with Gasteiger partial charge in [-0.1, -0.05) is 20.3 Å². The maximum absolute atomic E-state index is 12.4. The summed E-state index contributed by atoms with van der Waals surface area (Å²) in [5, 5.41) is 3.43. The first kappa shape index (κ1) is 14.8. The zero-order valence-corrected chi connectivity index (χ0v) is 12.4. The zero-order chi connectivity index (χ0) is 13.8. The molecule has 2 aliphatic rings. The molecule has 3 atom stereocenters. The van der Waals surface area contributed by atoms with E-state index in [0.29, 0.717) is 5.92 Å². The molecule has 0 spiro atoms. The maximum atomic E-state index is 12.4. The second-order valence-electron chi connectivity index (χ2n) is 5.69. The van der Waals surface area contributed by atoms with Gasteiger partial charge in [-0.2, -0.15) is 0 Å². The fraction of sp³-hybridized carbons (Fsp3) is 0.929. The smallest absolute Gasteiger partial charge is 0.241 e. The van der Waals surface area contributed by atoms with Gasteiger partial charge in [-0.15, -0.1) is 0 Å². The van der Waals surface area contributed by atoms with E-state index in [1.807, 2.05) is 4.90 Å². The molecule has 0 aromatic heterocycles. The van der Waals surface area contributed by atoms with Crippen LogP contribution in [0.5, 0.6) is 0 Å². The van der Waals surface area contributed by atoms with Crippen LogP contribution in [0.3, 0.4) is 0 Å². The molecule has 0 aliphatic carbocycles. The molecule has 0 aromatic carbocycles. The molecule has 2 saturated heterocycles. The van der Waals surface area contributed by atoms with E-state index in [4.69, 9.17) is 4.74 Å². The summed E-state index contributed by atoms with van der Waals surface area (Å²) in [6, 6.07) is 0.00434.